The Morgan fingerprint density at radius 2 is 1.35 bits per heavy atom. The van der Waals surface area contributed by atoms with E-state index in [-0.39, 0.29) is 12.5 Å². The molecule has 0 atom stereocenters. The summed E-state index contributed by atoms with van der Waals surface area (Å²) in [5.74, 6) is 0.147. The number of aliphatic hydroxyl groups excluding tert-OH is 1. The van der Waals surface area contributed by atoms with Gasteiger partial charge in [0.05, 0.1) is 6.61 Å². The van der Waals surface area contributed by atoms with E-state index in [1.807, 2.05) is 0 Å². The van der Waals surface area contributed by atoms with Gasteiger partial charge in [-0.15, -0.1) is 0 Å². The molecule has 0 aliphatic heterocycles. The van der Waals surface area contributed by atoms with E-state index in [2.05, 4.69) is 29.7 Å². The molecule has 0 aliphatic carbocycles. The first-order valence-electron chi connectivity index (χ1n) is 11.0. The van der Waals surface area contributed by atoms with Crippen LogP contribution in [0.15, 0.2) is 12.2 Å². The molecule has 4 nitrogen and oxygen atoms in total. The van der Waals surface area contributed by atoms with Crippen LogP contribution in [0, 0.1) is 0 Å². The van der Waals surface area contributed by atoms with Crippen LogP contribution in [0.2, 0.25) is 0 Å². The second-order valence-corrected chi connectivity index (χ2v) is 7.16. The molecule has 0 bridgehead atoms. The summed E-state index contributed by atoms with van der Waals surface area (Å²) in [7, 11) is 0. The lowest BCUT2D eigenvalue weighted by molar-refractivity contribution is -0.121. The van der Waals surface area contributed by atoms with Gasteiger partial charge in [-0.2, -0.15) is 0 Å². The number of rotatable bonds is 20. The van der Waals surface area contributed by atoms with Crippen LogP contribution < -0.4 is 10.6 Å². The van der Waals surface area contributed by atoms with E-state index in [0.717, 1.165) is 19.4 Å². The van der Waals surface area contributed by atoms with Gasteiger partial charge in [-0.05, 0) is 32.1 Å². The van der Waals surface area contributed by atoms with Crippen LogP contribution in [0.4, 0.5) is 0 Å². The molecule has 0 unspecified atom stereocenters. The molecule has 4 heteroatoms. The molecule has 0 fully saturated rings. The van der Waals surface area contributed by atoms with Crippen molar-refractivity contribution in [1.82, 2.24) is 10.6 Å². The van der Waals surface area contributed by atoms with Crippen LogP contribution in [-0.2, 0) is 4.79 Å². The molecule has 1 amide bonds. The lowest BCUT2D eigenvalue weighted by Gasteiger charge is -2.06. The van der Waals surface area contributed by atoms with Gasteiger partial charge < -0.3 is 15.7 Å². The van der Waals surface area contributed by atoms with Crippen LogP contribution in [0.5, 0.6) is 0 Å². The van der Waals surface area contributed by atoms with Crippen molar-refractivity contribution in [1.29, 1.82) is 0 Å². The lowest BCUT2D eigenvalue weighted by atomic mass is 10.1. The number of nitrogens with one attached hydrogen (secondary N) is 2. The molecule has 154 valence electrons. The quantitative estimate of drug-likeness (QED) is 0.215. The number of carbonyl (C=O) groups is 1. The van der Waals surface area contributed by atoms with E-state index in [0.29, 0.717) is 19.5 Å². The second kappa shape index (κ2) is 22.2. The van der Waals surface area contributed by atoms with Crippen molar-refractivity contribution in [3.8, 4) is 0 Å². The largest absolute Gasteiger partial charge is 0.395 e. The average Bonchev–Trinajstić information content (AvgIpc) is 2.64. The molecule has 0 saturated carbocycles. The highest BCUT2D eigenvalue weighted by Gasteiger charge is 2.00. The summed E-state index contributed by atoms with van der Waals surface area (Å²) in [6.45, 7) is 4.36. The van der Waals surface area contributed by atoms with Crippen LogP contribution >= 0.6 is 0 Å². The normalized spacial score (nSPS) is 11.3. The fourth-order valence-corrected chi connectivity index (χ4v) is 2.94. The fourth-order valence-electron chi connectivity index (χ4n) is 2.94. The maximum atomic E-state index is 11.6. The molecule has 0 heterocycles. The standard InChI is InChI=1S/C22H44N2O2/c1-2-3-4-5-6-7-8-9-10-11-12-13-14-15-16-17-22(26)24-19-18-23-20-21-25/h9-10,23,25H,2-8,11-21H2,1H3,(H,24,26)/b10-9+. The van der Waals surface area contributed by atoms with Gasteiger partial charge in [0.2, 0.25) is 5.91 Å². The van der Waals surface area contributed by atoms with Crippen molar-refractivity contribution in [3.05, 3.63) is 12.2 Å². The predicted molar refractivity (Wildman–Crippen MR) is 112 cm³/mol. The summed E-state index contributed by atoms with van der Waals surface area (Å²) in [5.41, 5.74) is 0. The van der Waals surface area contributed by atoms with Gasteiger partial charge in [-0.3, -0.25) is 4.79 Å². The van der Waals surface area contributed by atoms with E-state index < -0.39 is 0 Å². The summed E-state index contributed by atoms with van der Waals surface area (Å²) in [5, 5.41) is 14.6. The molecule has 0 aromatic rings. The molecule has 26 heavy (non-hydrogen) atoms. The molecular weight excluding hydrogens is 324 g/mol. The SMILES string of the molecule is CCCCCCCC/C=C/CCCCCCCC(=O)NCCNCCO. The van der Waals surface area contributed by atoms with E-state index in [4.69, 9.17) is 5.11 Å². The lowest BCUT2D eigenvalue weighted by Crippen LogP contribution is -2.32. The second-order valence-electron chi connectivity index (χ2n) is 7.16. The molecule has 0 aromatic carbocycles. The van der Waals surface area contributed by atoms with Crippen molar-refractivity contribution < 1.29 is 9.90 Å². The first-order valence-corrected chi connectivity index (χ1v) is 11.0. The maximum absolute atomic E-state index is 11.6. The minimum atomic E-state index is 0.142. The van der Waals surface area contributed by atoms with Crippen LogP contribution in [0.3, 0.4) is 0 Å². The number of unbranched alkanes of at least 4 members (excludes halogenated alkanes) is 11. The van der Waals surface area contributed by atoms with Crippen LogP contribution in [-0.4, -0.2) is 37.3 Å². The van der Waals surface area contributed by atoms with E-state index >= 15 is 0 Å². The van der Waals surface area contributed by atoms with Gasteiger partial charge in [-0.25, -0.2) is 0 Å². The van der Waals surface area contributed by atoms with E-state index in [1.165, 1.54) is 70.6 Å². The molecule has 0 saturated heterocycles. The van der Waals surface area contributed by atoms with E-state index in [1.54, 1.807) is 0 Å². The zero-order valence-electron chi connectivity index (χ0n) is 17.2. The van der Waals surface area contributed by atoms with Crippen molar-refractivity contribution in [3.63, 3.8) is 0 Å². The topological polar surface area (TPSA) is 61.4 Å². The number of carbonyl (C=O) groups excluding carboxylic acids is 1. The van der Waals surface area contributed by atoms with Gasteiger partial charge >= 0.3 is 0 Å². The van der Waals surface area contributed by atoms with Crippen molar-refractivity contribution in [2.45, 2.75) is 96.8 Å². The first kappa shape index (κ1) is 25.1. The number of hydrogen-bond acceptors (Lipinski definition) is 3. The van der Waals surface area contributed by atoms with Crippen LogP contribution in [0.1, 0.15) is 96.8 Å². The monoisotopic (exact) mass is 368 g/mol. The zero-order valence-corrected chi connectivity index (χ0v) is 17.2. The molecular formula is C22H44N2O2. The third kappa shape index (κ3) is 21.2. The highest BCUT2D eigenvalue weighted by atomic mass is 16.3. The Morgan fingerprint density at radius 3 is 1.96 bits per heavy atom. The van der Waals surface area contributed by atoms with Crippen molar-refractivity contribution in [2.75, 3.05) is 26.2 Å². The maximum Gasteiger partial charge on any atom is 0.220 e. The molecule has 0 radical (unpaired) electrons. The summed E-state index contributed by atoms with van der Waals surface area (Å²) in [6, 6.07) is 0. The summed E-state index contributed by atoms with van der Waals surface area (Å²) in [6.07, 6.45) is 22.0. The Hall–Kier alpha value is -0.870. The molecule has 0 rings (SSSR count). The molecule has 3 N–H and O–H groups in total. The zero-order chi connectivity index (χ0) is 19.1. The average molecular weight is 369 g/mol. The number of hydrogen-bond donors (Lipinski definition) is 3. The Morgan fingerprint density at radius 1 is 0.769 bits per heavy atom. The van der Waals surface area contributed by atoms with Gasteiger partial charge in [-0.1, -0.05) is 70.4 Å². The van der Waals surface area contributed by atoms with Gasteiger partial charge in [0.25, 0.3) is 0 Å². The molecule has 0 spiro atoms. The Balaban J connectivity index is 3.18. The first-order chi connectivity index (χ1) is 12.8. The van der Waals surface area contributed by atoms with E-state index in [9.17, 15) is 4.79 Å². The number of amides is 1. The fraction of sp³-hybridized carbons (Fsp3) is 0.864. The predicted octanol–water partition coefficient (Wildman–Crippen LogP) is 4.72. The summed E-state index contributed by atoms with van der Waals surface area (Å²) < 4.78 is 0. The van der Waals surface area contributed by atoms with Crippen molar-refractivity contribution in [2.24, 2.45) is 0 Å². The Kier molecular flexibility index (Phi) is 21.4. The Labute approximate surface area is 162 Å². The minimum Gasteiger partial charge on any atom is -0.395 e. The van der Waals surface area contributed by atoms with Gasteiger partial charge in [0.1, 0.15) is 0 Å². The van der Waals surface area contributed by atoms with Gasteiger partial charge in [0, 0.05) is 26.1 Å². The van der Waals surface area contributed by atoms with Crippen LogP contribution in [0.25, 0.3) is 0 Å². The smallest absolute Gasteiger partial charge is 0.220 e. The molecule has 0 aromatic heterocycles. The number of allylic oxidation sites excluding steroid dienone is 2. The third-order valence-corrected chi connectivity index (χ3v) is 4.58. The Bertz CT molecular complexity index is 319. The number of aliphatic hydroxyl groups is 1. The summed E-state index contributed by atoms with van der Waals surface area (Å²) >= 11 is 0. The van der Waals surface area contributed by atoms with Crippen molar-refractivity contribution >= 4 is 5.91 Å². The third-order valence-electron chi connectivity index (χ3n) is 4.58. The minimum absolute atomic E-state index is 0.142. The highest BCUT2D eigenvalue weighted by molar-refractivity contribution is 5.75. The summed E-state index contributed by atoms with van der Waals surface area (Å²) in [4.78, 5) is 11.6. The highest BCUT2D eigenvalue weighted by Crippen LogP contribution is 2.09. The molecule has 0 aliphatic rings. The van der Waals surface area contributed by atoms with Gasteiger partial charge in [0.15, 0.2) is 0 Å².